The van der Waals surface area contributed by atoms with E-state index in [2.05, 4.69) is 6.92 Å². The van der Waals surface area contributed by atoms with Crippen molar-refractivity contribution in [2.45, 2.75) is 32.0 Å². The quantitative estimate of drug-likeness (QED) is 0.871. The SMILES string of the molecule is CC1CCC(COc2ccc(C(=O)O)cc2)O1. The Kier molecular flexibility index (Phi) is 3.64. The van der Waals surface area contributed by atoms with E-state index < -0.39 is 5.97 Å². The van der Waals surface area contributed by atoms with E-state index in [0.717, 1.165) is 12.8 Å². The minimum Gasteiger partial charge on any atom is -0.491 e. The molecule has 4 heteroatoms. The van der Waals surface area contributed by atoms with Crippen LogP contribution in [0.3, 0.4) is 0 Å². The molecular formula is C13H16O4. The second-order valence-corrected chi connectivity index (χ2v) is 4.29. The minimum absolute atomic E-state index is 0.157. The number of hydrogen-bond acceptors (Lipinski definition) is 3. The fourth-order valence-corrected chi connectivity index (χ4v) is 1.89. The summed E-state index contributed by atoms with van der Waals surface area (Å²) in [5.74, 6) is -0.248. The molecule has 0 bridgehead atoms. The Morgan fingerprint density at radius 1 is 1.41 bits per heavy atom. The summed E-state index contributed by atoms with van der Waals surface area (Å²) in [7, 11) is 0. The van der Waals surface area contributed by atoms with Crippen molar-refractivity contribution in [1.29, 1.82) is 0 Å². The van der Waals surface area contributed by atoms with Gasteiger partial charge in [0.1, 0.15) is 12.4 Å². The predicted octanol–water partition coefficient (Wildman–Crippen LogP) is 2.33. The number of aromatic carboxylic acids is 1. The van der Waals surface area contributed by atoms with Gasteiger partial charge in [0.05, 0.1) is 17.8 Å². The number of ether oxygens (including phenoxy) is 2. The first-order valence-electron chi connectivity index (χ1n) is 5.77. The van der Waals surface area contributed by atoms with Crippen molar-refractivity contribution in [3.8, 4) is 5.75 Å². The van der Waals surface area contributed by atoms with Crippen LogP contribution in [-0.2, 0) is 4.74 Å². The topological polar surface area (TPSA) is 55.8 Å². The van der Waals surface area contributed by atoms with Gasteiger partial charge in [0, 0.05) is 0 Å². The lowest BCUT2D eigenvalue weighted by molar-refractivity contribution is 0.0264. The van der Waals surface area contributed by atoms with Crippen LogP contribution in [0.1, 0.15) is 30.1 Å². The molecule has 0 amide bonds. The van der Waals surface area contributed by atoms with Gasteiger partial charge >= 0.3 is 5.97 Å². The number of rotatable bonds is 4. The number of benzene rings is 1. The van der Waals surface area contributed by atoms with Crippen LogP contribution in [-0.4, -0.2) is 29.9 Å². The molecular weight excluding hydrogens is 220 g/mol. The molecule has 0 aromatic heterocycles. The van der Waals surface area contributed by atoms with Gasteiger partial charge in [-0.15, -0.1) is 0 Å². The molecule has 2 unspecified atom stereocenters. The van der Waals surface area contributed by atoms with E-state index >= 15 is 0 Å². The number of carbonyl (C=O) groups is 1. The smallest absolute Gasteiger partial charge is 0.335 e. The third-order valence-corrected chi connectivity index (χ3v) is 2.86. The Bertz CT molecular complexity index is 385. The molecule has 2 rings (SSSR count). The van der Waals surface area contributed by atoms with Crippen molar-refractivity contribution in [2.75, 3.05) is 6.61 Å². The van der Waals surface area contributed by atoms with Crippen LogP contribution < -0.4 is 4.74 Å². The third-order valence-electron chi connectivity index (χ3n) is 2.86. The Morgan fingerprint density at radius 2 is 2.12 bits per heavy atom. The maximum Gasteiger partial charge on any atom is 0.335 e. The zero-order chi connectivity index (χ0) is 12.3. The van der Waals surface area contributed by atoms with Gasteiger partial charge in [0.15, 0.2) is 0 Å². The lowest BCUT2D eigenvalue weighted by Gasteiger charge is -2.12. The van der Waals surface area contributed by atoms with Crippen molar-refractivity contribution in [3.05, 3.63) is 29.8 Å². The molecule has 92 valence electrons. The molecule has 2 atom stereocenters. The van der Waals surface area contributed by atoms with Crippen LogP contribution in [0.15, 0.2) is 24.3 Å². The van der Waals surface area contributed by atoms with Crippen LogP contribution in [0.4, 0.5) is 0 Å². The van der Waals surface area contributed by atoms with Crippen molar-refractivity contribution in [2.24, 2.45) is 0 Å². The van der Waals surface area contributed by atoms with Crippen molar-refractivity contribution >= 4 is 5.97 Å². The summed E-state index contributed by atoms with van der Waals surface area (Å²) in [5, 5.41) is 8.75. The summed E-state index contributed by atoms with van der Waals surface area (Å²) < 4.78 is 11.2. The molecule has 0 radical (unpaired) electrons. The first-order valence-corrected chi connectivity index (χ1v) is 5.77. The van der Waals surface area contributed by atoms with E-state index in [1.54, 1.807) is 12.1 Å². The van der Waals surface area contributed by atoms with E-state index in [-0.39, 0.29) is 11.7 Å². The molecule has 1 aliphatic rings. The fraction of sp³-hybridized carbons (Fsp3) is 0.462. The van der Waals surface area contributed by atoms with Crippen molar-refractivity contribution < 1.29 is 19.4 Å². The second kappa shape index (κ2) is 5.19. The number of carboxylic acid groups (broad SMARTS) is 1. The highest BCUT2D eigenvalue weighted by atomic mass is 16.5. The fourth-order valence-electron chi connectivity index (χ4n) is 1.89. The molecule has 0 spiro atoms. The van der Waals surface area contributed by atoms with Gasteiger partial charge in [0.25, 0.3) is 0 Å². The standard InChI is InChI=1S/C13H16O4/c1-9-2-5-12(17-9)8-16-11-6-3-10(4-7-11)13(14)15/h3-4,6-7,9,12H,2,5,8H2,1H3,(H,14,15). The zero-order valence-corrected chi connectivity index (χ0v) is 9.76. The summed E-state index contributed by atoms with van der Waals surface area (Å²) in [6.45, 7) is 2.58. The van der Waals surface area contributed by atoms with Gasteiger partial charge in [-0.3, -0.25) is 0 Å². The molecule has 0 aliphatic carbocycles. The van der Waals surface area contributed by atoms with Gasteiger partial charge in [0.2, 0.25) is 0 Å². The molecule has 1 saturated heterocycles. The minimum atomic E-state index is -0.926. The molecule has 1 aromatic carbocycles. The highest BCUT2D eigenvalue weighted by Crippen LogP contribution is 2.20. The summed E-state index contributed by atoms with van der Waals surface area (Å²) in [6.07, 6.45) is 2.57. The van der Waals surface area contributed by atoms with Gasteiger partial charge < -0.3 is 14.6 Å². The average molecular weight is 236 g/mol. The zero-order valence-electron chi connectivity index (χ0n) is 9.76. The first kappa shape index (κ1) is 11.9. The summed E-state index contributed by atoms with van der Waals surface area (Å²) in [5.41, 5.74) is 0.267. The summed E-state index contributed by atoms with van der Waals surface area (Å²) >= 11 is 0. The van der Waals surface area contributed by atoms with Crippen LogP contribution in [0.5, 0.6) is 5.75 Å². The molecule has 1 fully saturated rings. The van der Waals surface area contributed by atoms with E-state index in [1.807, 2.05) is 0 Å². The Morgan fingerprint density at radius 3 is 2.65 bits per heavy atom. The largest absolute Gasteiger partial charge is 0.491 e. The molecule has 1 N–H and O–H groups in total. The first-order chi connectivity index (χ1) is 8.15. The van der Waals surface area contributed by atoms with E-state index in [4.69, 9.17) is 14.6 Å². The van der Waals surface area contributed by atoms with E-state index in [1.165, 1.54) is 12.1 Å². The maximum absolute atomic E-state index is 10.7. The highest BCUT2D eigenvalue weighted by Gasteiger charge is 2.22. The lowest BCUT2D eigenvalue weighted by atomic mass is 10.2. The predicted molar refractivity (Wildman–Crippen MR) is 62.5 cm³/mol. The molecule has 1 heterocycles. The average Bonchev–Trinajstić information content (AvgIpc) is 2.73. The monoisotopic (exact) mass is 236 g/mol. The molecule has 4 nitrogen and oxygen atoms in total. The van der Waals surface area contributed by atoms with E-state index in [9.17, 15) is 4.79 Å². The van der Waals surface area contributed by atoms with Crippen LogP contribution in [0.2, 0.25) is 0 Å². The second-order valence-electron chi connectivity index (χ2n) is 4.29. The normalized spacial score (nSPS) is 23.6. The van der Waals surface area contributed by atoms with Crippen LogP contribution in [0.25, 0.3) is 0 Å². The van der Waals surface area contributed by atoms with Crippen molar-refractivity contribution in [1.82, 2.24) is 0 Å². The summed E-state index contributed by atoms with van der Waals surface area (Å²) in [6, 6.07) is 6.41. The van der Waals surface area contributed by atoms with E-state index in [0.29, 0.717) is 18.5 Å². The molecule has 1 aliphatic heterocycles. The van der Waals surface area contributed by atoms with Gasteiger partial charge in [-0.1, -0.05) is 0 Å². The van der Waals surface area contributed by atoms with Gasteiger partial charge in [-0.25, -0.2) is 4.79 Å². The van der Waals surface area contributed by atoms with Gasteiger partial charge in [-0.05, 0) is 44.0 Å². The Balaban J connectivity index is 1.85. The lowest BCUT2D eigenvalue weighted by Crippen LogP contribution is -2.17. The Labute approximate surface area is 100 Å². The highest BCUT2D eigenvalue weighted by molar-refractivity contribution is 5.87. The van der Waals surface area contributed by atoms with Crippen LogP contribution >= 0.6 is 0 Å². The van der Waals surface area contributed by atoms with Crippen molar-refractivity contribution in [3.63, 3.8) is 0 Å². The third kappa shape index (κ3) is 3.20. The molecule has 1 aromatic rings. The number of carboxylic acids is 1. The molecule has 17 heavy (non-hydrogen) atoms. The maximum atomic E-state index is 10.7. The summed E-state index contributed by atoms with van der Waals surface area (Å²) in [4.78, 5) is 10.7. The number of hydrogen-bond donors (Lipinski definition) is 1. The Hall–Kier alpha value is -1.55. The van der Waals surface area contributed by atoms with Crippen LogP contribution in [0, 0.1) is 0 Å². The van der Waals surface area contributed by atoms with Gasteiger partial charge in [-0.2, -0.15) is 0 Å². The molecule has 0 saturated carbocycles.